The predicted octanol–water partition coefficient (Wildman–Crippen LogP) is 4.46. The summed E-state index contributed by atoms with van der Waals surface area (Å²) >= 11 is 0. The van der Waals surface area contributed by atoms with Gasteiger partial charge in [-0.3, -0.25) is 4.79 Å². The van der Waals surface area contributed by atoms with Crippen molar-refractivity contribution in [2.24, 2.45) is 0 Å². The number of fused-ring (bicyclic) bond motifs is 1. The normalized spacial score (nSPS) is 11.8. The third-order valence-electron chi connectivity index (χ3n) is 5.80. The van der Waals surface area contributed by atoms with E-state index in [1.807, 2.05) is 0 Å². The summed E-state index contributed by atoms with van der Waals surface area (Å²) in [7, 11) is 1.19. The molecule has 0 spiro atoms. The van der Waals surface area contributed by atoms with E-state index in [1.54, 1.807) is 54.6 Å². The standard InChI is InChI=1S/C29H23FN2O6/c1-38-29(37)26(15-19-6-11-21(33)12-7-19)32-27(34)25-16-23(28(35)36)22-14-18(8-13-24(22)31-25)3-2-17-4-9-20(30)10-5-17/h2-14,16,26,33H,15H2,1H3,(H,32,34)(H,35,36)/b3-2+/t26-/m0/s1. The van der Waals surface area contributed by atoms with Crippen molar-refractivity contribution in [1.82, 2.24) is 10.3 Å². The summed E-state index contributed by atoms with van der Waals surface area (Å²) in [5.74, 6) is -2.97. The number of methoxy groups -OCH3 is 1. The first-order chi connectivity index (χ1) is 18.2. The zero-order chi connectivity index (χ0) is 27.2. The number of nitrogens with zero attached hydrogens (tertiary/aromatic N) is 1. The van der Waals surface area contributed by atoms with Gasteiger partial charge < -0.3 is 20.3 Å². The van der Waals surface area contributed by atoms with Gasteiger partial charge in [0, 0.05) is 11.8 Å². The molecule has 1 heterocycles. The number of carbonyl (C=O) groups excluding carboxylic acids is 2. The maximum absolute atomic E-state index is 13.1. The van der Waals surface area contributed by atoms with Gasteiger partial charge in [-0.25, -0.2) is 19.0 Å². The van der Waals surface area contributed by atoms with E-state index in [-0.39, 0.29) is 34.8 Å². The molecule has 0 unspecified atom stereocenters. The number of pyridine rings is 1. The number of aromatic hydroxyl groups is 1. The fourth-order valence-corrected chi connectivity index (χ4v) is 3.84. The average molecular weight is 515 g/mol. The molecule has 4 aromatic rings. The number of aromatic carboxylic acids is 1. The van der Waals surface area contributed by atoms with Crippen LogP contribution in [-0.2, 0) is 16.0 Å². The van der Waals surface area contributed by atoms with Crippen LogP contribution in [0.5, 0.6) is 5.75 Å². The molecule has 0 aliphatic rings. The molecule has 0 saturated heterocycles. The molecule has 1 aromatic heterocycles. The van der Waals surface area contributed by atoms with E-state index in [1.165, 1.54) is 31.4 Å². The van der Waals surface area contributed by atoms with E-state index in [2.05, 4.69) is 10.3 Å². The number of amides is 1. The number of aromatic nitrogens is 1. The summed E-state index contributed by atoms with van der Waals surface area (Å²) < 4.78 is 17.9. The van der Waals surface area contributed by atoms with Crippen LogP contribution in [0.3, 0.4) is 0 Å². The smallest absolute Gasteiger partial charge is 0.336 e. The van der Waals surface area contributed by atoms with Crippen molar-refractivity contribution in [2.75, 3.05) is 7.11 Å². The van der Waals surface area contributed by atoms with Crippen LogP contribution in [0.15, 0.2) is 72.8 Å². The van der Waals surface area contributed by atoms with Gasteiger partial charge >= 0.3 is 11.9 Å². The first-order valence-corrected chi connectivity index (χ1v) is 11.5. The largest absolute Gasteiger partial charge is 0.508 e. The van der Waals surface area contributed by atoms with Crippen LogP contribution in [0, 0.1) is 5.82 Å². The van der Waals surface area contributed by atoms with Crippen LogP contribution in [0.1, 0.15) is 37.5 Å². The molecule has 1 amide bonds. The Morgan fingerprint density at radius 1 is 0.974 bits per heavy atom. The number of phenols is 1. The number of halogens is 1. The molecule has 0 radical (unpaired) electrons. The lowest BCUT2D eigenvalue weighted by molar-refractivity contribution is -0.142. The van der Waals surface area contributed by atoms with Crippen molar-refractivity contribution in [3.05, 3.63) is 107 Å². The number of carbonyl (C=O) groups is 3. The molecule has 1 atom stereocenters. The molecule has 0 bridgehead atoms. The fourth-order valence-electron chi connectivity index (χ4n) is 3.84. The average Bonchev–Trinajstić information content (AvgIpc) is 2.92. The summed E-state index contributed by atoms with van der Waals surface area (Å²) in [5.41, 5.74) is 2.08. The minimum Gasteiger partial charge on any atom is -0.508 e. The first kappa shape index (κ1) is 26.0. The second-order valence-corrected chi connectivity index (χ2v) is 8.44. The number of nitrogens with one attached hydrogen (secondary N) is 1. The predicted molar refractivity (Wildman–Crippen MR) is 139 cm³/mol. The van der Waals surface area contributed by atoms with Crippen LogP contribution in [0.2, 0.25) is 0 Å². The molecule has 3 N–H and O–H groups in total. The van der Waals surface area contributed by atoms with E-state index in [9.17, 15) is 29.0 Å². The van der Waals surface area contributed by atoms with Crippen LogP contribution in [0.25, 0.3) is 23.1 Å². The topological polar surface area (TPSA) is 126 Å². The molecule has 8 nitrogen and oxygen atoms in total. The lowest BCUT2D eigenvalue weighted by Gasteiger charge is -2.17. The van der Waals surface area contributed by atoms with Crippen molar-refractivity contribution in [1.29, 1.82) is 0 Å². The zero-order valence-electron chi connectivity index (χ0n) is 20.2. The molecule has 192 valence electrons. The van der Waals surface area contributed by atoms with E-state index in [0.29, 0.717) is 16.5 Å². The Morgan fingerprint density at radius 2 is 1.63 bits per heavy atom. The SMILES string of the molecule is COC(=O)[C@H](Cc1ccc(O)cc1)NC(=O)c1cc(C(=O)O)c2cc(/C=C/c3ccc(F)cc3)ccc2n1. The number of benzene rings is 3. The summed E-state index contributed by atoms with van der Waals surface area (Å²) in [6.45, 7) is 0. The lowest BCUT2D eigenvalue weighted by atomic mass is 10.0. The van der Waals surface area contributed by atoms with Crippen LogP contribution < -0.4 is 5.32 Å². The van der Waals surface area contributed by atoms with Gasteiger partial charge in [0.15, 0.2) is 0 Å². The quantitative estimate of drug-likeness (QED) is 0.234. The van der Waals surface area contributed by atoms with Gasteiger partial charge in [0.1, 0.15) is 23.3 Å². The number of ether oxygens (including phenoxy) is 1. The van der Waals surface area contributed by atoms with Crippen molar-refractivity contribution in [3.63, 3.8) is 0 Å². The Labute approximate surface area is 217 Å². The van der Waals surface area contributed by atoms with Gasteiger partial charge in [0.25, 0.3) is 5.91 Å². The van der Waals surface area contributed by atoms with E-state index in [4.69, 9.17) is 4.74 Å². The second-order valence-electron chi connectivity index (χ2n) is 8.44. The minimum absolute atomic E-state index is 0.0584. The minimum atomic E-state index is -1.25. The molecule has 38 heavy (non-hydrogen) atoms. The van der Waals surface area contributed by atoms with Crippen molar-refractivity contribution >= 4 is 40.9 Å². The highest BCUT2D eigenvalue weighted by atomic mass is 19.1. The first-order valence-electron chi connectivity index (χ1n) is 11.5. The van der Waals surface area contributed by atoms with Gasteiger partial charge in [0.2, 0.25) is 0 Å². The Kier molecular flexibility index (Phi) is 7.77. The maximum atomic E-state index is 13.1. The zero-order valence-corrected chi connectivity index (χ0v) is 20.2. The van der Waals surface area contributed by atoms with E-state index in [0.717, 1.165) is 11.6 Å². The molecular formula is C29H23FN2O6. The molecule has 0 fully saturated rings. The molecule has 0 saturated carbocycles. The van der Waals surface area contributed by atoms with Gasteiger partial charge in [0.05, 0.1) is 18.2 Å². The summed E-state index contributed by atoms with van der Waals surface area (Å²) in [6, 6.07) is 17.1. The number of phenolic OH excluding ortho intramolecular Hbond substituents is 1. The summed E-state index contributed by atoms with van der Waals surface area (Å²) in [5, 5.41) is 22.2. The van der Waals surface area contributed by atoms with Gasteiger partial charge in [-0.15, -0.1) is 0 Å². The highest BCUT2D eigenvalue weighted by molar-refractivity contribution is 6.06. The van der Waals surface area contributed by atoms with Crippen molar-refractivity contribution < 1.29 is 33.7 Å². The van der Waals surface area contributed by atoms with Crippen LogP contribution in [-0.4, -0.2) is 46.2 Å². The van der Waals surface area contributed by atoms with Gasteiger partial charge in [-0.1, -0.05) is 42.5 Å². The Balaban J connectivity index is 1.62. The Bertz CT molecular complexity index is 1530. The number of esters is 1. The highest BCUT2D eigenvalue weighted by Crippen LogP contribution is 2.22. The third kappa shape index (κ3) is 6.19. The summed E-state index contributed by atoms with van der Waals surface area (Å²) in [6.07, 6.45) is 3.60. The van der Waals surface area contributed by atoms with Gasteiger partial charge in [-0.2, -0.15) is 0 Å². The summed E-state index contributed by atoms with van der Waals surface area (Å²) in [4.78, 5) is 41.7. The van der Waals surface area contributed by atoms with Crippen LogP contribution >= 0.6 is 0 Å². The van der Waals surface area contributed by atoms with Crippen LogP contribution in [0.4, 0.5) is 4.39 Å². The molecule has 0 aliphatic carbocycles. The second kappa shape index (κ2) is 11.3. The highest BCUT2D eigenvalue weighted by Gasteiger charge is 2.24. The van der Waals surface area contributed by atoms with E-state index >= 15 is 0 Å². The molecule has 4 rings (SSSR count). The Hall–Kier alpha value is -5.05. The van der Waals surface area contributed by atoms with E-state index < -0.39 is 23.9 Å². The van der Waals surface area contributed by atoms with Crippen molar-refractivity contribution in [3.8, 4) is 5.75 Å². The number of rotatable bonds is 8. The lowest BCUT2D eigenvalue weighted by Crippen LogP contribution is -2.43. The molecular weight excluding hydrogens is 491 g/mol. The van der Waals surface area contributed by atoms with Crippen molar-refractivity contribution in [2.45, 2.75) is 12.5 Å². The number of carboxylic acid groups (broad SMARTS) is 1. The maximum Gasteiger partial charge on any atom is 0.336 e. The molecule has 9 heteroatoms. The third-order valence-corrected chi connectivity index (χ3v) is 5.80. The number of hydrogen-bond donors (Lipinski definition) is 3. The monoisotopic (exact) mass is 514 g/mol. The number of carboxylic acids is 1. The molecule has 0 aliphatic heterocycles. The fraction of sp³-hybridized carbons (Fsp3) is 0.103. The Morgan fingerprint density at radius 3 is 2.29 bits per heavy atom. The van der Waals surface area contributed by atoms with Gasteiger partial charge in [-0.05, 0) is 59.2 Å². The molecule has 3 aromatic carbocycles. The number of hydrogen-bond acceptors (Lipinski definition) is 6.